The lowest BCUT2D eigenvalue weighted by atomic mass is 10.1. The molecule has 0 aliphatic carbocycles. The Labute approximate surface area is 74.0 Å². The Bertz CT molecular complexity index is 297. The number of hydrogen-bond acceptors (Lipinski definition) is 2. The van der Waals surface area contributed by atoms with Crippen molar-refractivity contribution in [1.29, 1.82) is 0 Å². The first-order valence-electron chi connectivity index (χ1n) is 3.67. The Balaban J connectivity index is 3.13. The van der Waals surface area contributed by atoms with E-state index in [0.717, 1.165) is 0 Å². The molecular formula is C8H9F3N2. The first kappa shape index (κ1) is 9.86. The highest BCUT2D eigenvalue weighted by molar-refractivity contribution is 6.06. The van der Waals surface area contributed by atoms with Gasteiger partial charge in [0.2, 0.25) is 0 Å². The van der Waals surface area contributed by atoms with Crippen molar-refractivity contribution in [3.8, 4) is 0 Å². The van der Waals surface area contributed by atoms with Gasteiger partial charge in [-0.05, 0) is 6.92 Å². The summed E-state index contributed by atoms with van der Waals surface area (Å²) in [6.45, 7) is 4.84. The van der Waals surface area contributed by atoms with Crippen LogP contribution in [-0.4, -0.2) is 30.0 Å². The largest absolute Gasteiger partial charge is 0.436 e. The zero-order chi connectivity index (χ0) is 10.2. The average Bonchev–Trinajstić information content (AvgIpc) is 2.28. The van der Waals surface area contributed by atoms with Crippen molar-refractivity contribution >= 4 is 5.71 Å². The highest BCUT2D eigenvalue weighted by Gasteiger charge is 2.44. The second-order valence-electron chi connectivity index (χ2n) is 2.79. The summed E-state index contributed by atoms with van der Waals surface area (Å²) in [6, 6.07) is -0.408. The Morgan fingerprint density at radius 3 is 2.38 bits per heavy atom. The zero-order valence-corrected chi connectivity index (χ0v) is 7.31. The van der Waals surface area contributed by atoms with E-state index in [1.54, 1.807) is 6.92 Å². The van der Waals surface area contributed by atoms with Gasteiger partial charge in [0.05, 0.1) is 6.04 Å². The molecule has 0 bridgehead atoms. The molecule has 0 saturated carbocycles. The van der Waals surface area contributed by atoms with E-state index < -0.39 is 17.9 Å². The van der Waals surface area contributed by atoms with Crippen LogP contribution < -0.4 is 0 Å². The molecule has 1 unspecified atom stereocenters. The third kappa shape index (κ3) is 1.60. The Morgan fingerprint density at radius 1 is 1.54 bits per heavy atom. The molecule has 1 rings (SSSR count). The van der Waals surface area contributed by atoms with Crippen molar-refractivity contribution < 1.29 is 13.2 Å². The normalized spacial score (nSPS) is 23.2. The van der Waals surface area contributed by atoms with Crippen molar-refractivity contribution in [3.05, 3.63) is 17.9 Å². The van der Waals surface area contributed by atoms with E-state index in [0.29, 0.717) is 0 Å². The molecule has 1 aliphatic rings. The molecule has 0 aromatic heterocycles. The first-order valence-corrected chi connectivity index (χ1v) is 3.67. The monoisotopic (exact) mass is 190 g/mol. The summed E-state index contributed by atoms with van der Waals surface area (Å²) in [7, 11) is 1.49. The smallest absolute Gasteiger partial charge is 0.292 e. The van der Waals surface area contributed by atoms with Gasteiger partial charge in [0, 0.05) is 12.6 Å². The third-order valence-electron chi connectivity index (χ3n) is 1.95. The number of likely N-dealkylation sites (N-methyl/N-ethyl adjacent to an activating group) is 1. The lowest BCUT2D eigenvalue weighted by Gasteiger charge is -2.12. The summed E-state index contributed by atoms with van der Waals surface area (Å²) in [5, 5.41) is 4.62. The van der Waals surface area contributed by atoms with Crippen molar-refractivity contribution in [3.63, 3.8) is 0 Å². The second-order valence-corrected chi connectivity index (χ2v) is 2.79. The minimum absolute atomic E-state index is 0.00926. The lowest BCUT2D eigenvalue weighted by molar-refractivity contribution is -0.0583. The van der Waals surface area contributed by atoms with Gasteiger partial charge in [-0.3, -0.25) is 5.01 Å². The lowest BCUT2D eigenvalue weighted by Crippen LogP contribution is -2.25. The van der Waals surface area contributed by atoms with Crippen LogP contribution in [0.3, 0.4) is 0 Å². The Kier molecular flexibility index (Phi) is 2.22. The van der Waals surface area contributed by atoms with Crippen LogP contribution in [0.5, 0.6) is 0 Å². The predicted octanol–water partition coefficient (Wildman–Crippen LogP) is 1.95. The van der Waals surface area contributed by atoms with E-state index >= 15 is 0 Å². The number of alkyl halides is 3. The van der Waals surface area contributed by atoms with E-state index in [4.69, 9.17) is 0 Å². The van der Waals surface area contributed by atoms with Crippen LogP contribution in [0.1, 0.15) is 6.92 Å². The number of rotatable bonds is 0. The molecule has 0 amide bonds. The summed E-state index contributed by atoms with van der Waals surface area (Å²) in [4.78, 5) is 0. The average molecular weight is 190 g/mol. The van der Waals surface area contributed by atoms with Crippen molar-refractivity contribution in [2.45, 2.75) is 19.1 Å². The predicted molar refractivity (Wildman–Crippen MR) is 43.4 cm³/mol. The molecule has 72 valence electrons. The maximum atomic E-state index is 12.3. The van der Waals surface area contributed by atoms with Gasteiger partial charge >= 0.3 is 6.18 Å². The molecule has 0 fully saturated rings. The highest BCUT2D eigenvalue weighted by Crippen LogP contribution is 2.29. The van der Waals surface area contributed by atoms with Crippen molar-refractivity contribution in [1.82, 2.24) is 5.01 Å². The second kappa shape index (κ2) is 2.92. The SMILES string of the molecule is C=C=C1C(C(F)(F)F)=NN(C)C1C. The summed E-state index contributed by atoms with van der Waals surface area (Å²) >= 11 is 0. The molecule has 0 spiro atoms. The van der Waals surface area contributed by atoms with Crippen LogP contribution in [0, 0.1) is 0 Å². The summed E-state index contributed by atoms with van der Waals surface area (Å²) in [5.41, 5.74) is 1.39. The summed E-state index contributed by atoms with van der Waals surface area (Å²) in [5.74, 6) is 0. The molecule has 0 radical (unpaired) electrons. The van der Waals surface area contributed by atoms with Gasteiger partial charge in [0.25, 0.3) is 0 Å². The molecule has 2 nitrogen and oxygen atoms in total. The fourth-order valence-electron chi connectivity index (χ4n) is 1.12. The number of hydrogen-bond donors (Lipinski definition) is 0. The number of hydrazone groups is 1. The van der Waals surface area contributed by atoms with E-state index in [1.807, 2.05) is 0 Å². The van der Waals surface area contributed by atoms with Gasteiger partial charge in [0.1, 0.15) is 0 Å². The molecule has 0 aromatic rings. The zero-order valence-electron chi connectivity index (χ0n) is 7.31. The topological polar surface area (TPSA) is 15.6 Å². The maximum Gasteiger partial charge on any atom is 0.436 e. The minimum Gasteiger partial charge on any atom is -0.292 e. The molecule has 0 aromatic carbocycles. The quantitative estimate of drug-likeness (QED) is 0.533. The molecular weight excluding hydrogens is 181 g/mol. The molecule has 0 N–H and O–H groups in total. The summed E-state index contributed by atoms with van der Waals surface area (Å²) in [6.07, 6.45) is -4.42. The molecule has 5 heteroatoms. The van der Waals surface area contributed by atoms with Gasteiger partial charge in [-0.25, -0.2) is 0 Å². The van der Waals surface area contributed by atoms with Gasteiger partial charge in [-0.15, -0.1) is 5.73 Å². The molecule has 1 atom stereocenters. The van der Waals surface area contributed by atoms with Crippen molar-refractivity contribution in [2.75, 3.05) is 7.05 Å². The van der Waals surface area contributed by atoms with Gasteiger partial charge in [-0.1, -0.05) is 6.58 Å². The highest BCUT2D eigenvalue weighted by atomic mass is 19.4. The van der Waals surface area contributed by atoms with Gasteiger partial charge in [0.15, 0.2) is 5.71 Å². The first-order chi connectivity index (χ1) is 5.88. The van der Waals surface area contributed by atoms with Crippen LogP contribution in [0.2, 0.25) is 0 Å². The molecule has 1 aliphatic heterocycles. The number of nitrogens with zero attached hydrogens (tertiary/aromatic N) is 2. The van der Waals surface area contributed by atoms with Crippen molar-refractivity contribution in [2.24, 2.45) is 5.10 Å². The molecule has 13 heavy (non-hydrogen) atoms. The van der Waals surface area contributed by atoms with E-state index in [9.17, 15) is 13.2 Å². The third-order valence-corrected chi connectivity index (χ3v) is 1.95. The van der Waals surface area contributed by atoms with Gasteiger partial charge < -0.3 is 0 Å². The van der Waals surface area contributed by atoms with E-state index in [2.05, 4.69) is 17.4 Å². The van der Waals surface area contributed by atoms with Crippen LogP contribution in [0.15, 0.2) is 23.0 Å². The summed E-state index contributed by atoms with van der Waals surface area (Å²) < 4.78 is 36.9. The van der Waals surface area contributed by atoms with Crippen LogP contribution in [0.4, 0.5) is 13.2 Å². The molecule has 1 heterocycles. The van der Waals surface area contributed by atoms with Crippen LogP contribution in [-0.2, 0) is 0 Å². The van der Waals surface area contributed by atoms with Gasteiger partial charge in [-0.2, -0.15) is 18.3 Å². The van der Waals surface area contributed by atoms with Crippen LogP contribution in [0.25, 0.3) is 0 Å². The maximum absolute atomic E-state index is 12.3. The standard InChI is InChI=1S/C8H9F3N2/c1-4-6-5(2)13(3)12-7(6)8(9,10)11/h5H,1H2,2-3H3. The molecule has 0 saturated heterocycles. The van der Waals surface area contributed by atoms with Crippen LogP contribution >= 0.6 is 0 Å². The Hall–Kier alpha value is -1.22. The minimum atomic E-state index is -4.42. The van der Waals surface area contributed by atoms with E-state index in [1.165, 1.54) is 12.1 Å². The fourth-order valence-corrected chi connectivity index (χ4v) is 1.12. The fraction of sp³-hybridized carbons (Fsp3) is 0.500. The Morgan fingerprint density at radius 2 is 2.08 bits per heavy atom. The van der Waals surface area contributed by atoms with E-state index in [-0.39, 0.29) is 5.57 Å². The number of halogens is 3.